The van der Waals surface area contributed by atoms with E-state index >= 15 is 0 Å². The van der Waals surface area contributed by atoms with Gasteiger partial charge in [0, 0.05) is 17.8 Å². The Balaban J connectivity index is 1.86. The van der Waals surface area contributed by atoms with Crippen LogP contribution >= 0.6 is 0 Å². The van der Waals surface area contributed by atoms with Crippen LogP contribution in [0.4, 0.5) is 15.8 Å². The molecule has 0 aliphatic carbocycles. The Hall–Kier alpha value is -4.25. The fourth-order valence-electron chi connectivity index (χ4n) is 2.60. The highest BCUT2D eigenvalue weighted by molar-refractivity contribution is 6.09. The second kappa shape index (κ2) is 8.19. The Bertz CT molecular complexity index is 1160. The number of nitro groups is 1. The smallest absolute Gasteiger partial charge is 0.280 e. The number of furan rings is 1. The van der Waals surface area contributed by atoms with Crippen LogP contribution in [0.2, 0.25) is 0 Å². The number of amides is 1. The average Bonchev–Trinajstić information content (AvgIpc) is 3.16. The van der Waals surface area contributed by atoms with Crippen molar-refractivity contribution in [3.05, 3.63) is 87.4 Å². The summed E-state index contributed by atoms with van der Waals surface area (Å²) in [6, 6.07) is 14.6. The molecule has 0 bridgehead atoms. The van der Waals surface area contributed by atoms with E-state index in [0.717, 1.165) is 5.56 Å². The van der Waals surface area contributed by atoms with E-state index in [1.807, 2.05) is 0 Å². The average molecular weight is 391 g/mol. The molecular formula is C21H14FN3O4. The third kappa shape index (κ3) is 4.54. The molecule has 1 heterocycles. The Labute approximate surface area is 164 Å². The maximum absolute atomic E-state index is 12.9. The number of anilines is 1. The van der Waals surface area contributed by atoms with Crippen molar-refractivity contribution in [3.63, 3.8) is 0 Å². The summed E-state index contributed by atoms with van der Waals surface area (Å²) in [5.74, 6) is -0.731. The predicted octanol–water partition coefficient (Wildman–Crippen LogP) is 4.85. The fourth-order valence-corrected chi connectivity index (χ4v) is 2.60. The van der Waals surface area contributed by atoms with Gasteiger partial charge in [-0.25, -0.2) is 4.39 Å². The van der Waals surface area contributed by atoms with Gasteiger partial charge in [-0.05, 0) is 55.0 Å². The number of nitrogens with zero attached hydrogens (tertiary/aromatic N) is 2. The van der Waals surface area contributed by atoms with Crippen LogP contribution in [0.25, 0.3) is 17.4 Å². The highest BCUT2D eigenvalue weighted by Crippen LogP contribution is 2.32. The number of nitrogens with one attached hydrogen (secondary N) is 1. The Morgan fingerprint density at radius 2 is 1.93 bits per heavy atom. The van der Waals surface area contributed by atoms with Crippen LogP contribution in [0.15, 0.2) is 64.6 Å². The van der Waals surface area contributed by atoms with Crippen molar-refractivity contribution in [1.82, 2.24) is 0 Å². The van der Waals surface area contributed by atoms with Gasteiger partial charge in [0.2, 0.25) is 0 Å². The van der Waals surface area contributed by atoms with E-state index in [4.69, 9.17) is 4.42 Å². The summed E-state index contributed by atoms with van der Waals surface area (Å²) in [4.78, 5) is 23.1. The summed E-state index contributed by atoms with van der Waals surface area (Å²) in [6.45, 7) is 1.74. The van der Waals surface area contributed by atoms with Crippen molar-refractivity contribution in [2.24, 2.45) is 0 Å². The number of hydrogen-bond donors (Lipinski definition) is 1. The first-order valence-corrected chi connectivity index (χ1v) is 8.41. The predicted molar refractivity (Wildman–Crippen MR) is 104 cm³/mol. The summed E-state index contributed by atoms with van der Waals surface area (Å²) >= 11 is 0. The van der Waals surface area contributed by atoms with Gasteiger partial charge in [-0.1, -0.05) is 6.07 Å². The lowest BCUT2D eigenvalue weighted by Crippen LogP contribution is -2.13. The number of aryl methyl sites for hydroxylation is 1. The Morgan fingerprint density at radius 3 is 2.59 bits per heavy atom. The summed E-state index contributed by atoms with van der Waals surface area (Å²) < 4.78 is 18.5. The van der Waals surface area contributed by atoms with Gasteiger partial charge in [0.05, 0.1) is 10.5 Å². The first-order valence-electron chi connectivity index (χ1n) is 8.41. The molecule has 1 N–H and O–H groups in total. The molecule has 0 aliphatic heterocycles. The summed E-state index contributed by atoms with van der Waals surface area (Å²) in [6.07, 6.45) is 1.22. The number of rotatable bonds is 5. The number of nitro benzene ring substituents is 1. The third-order valence-corrected chi connectivity index (χ3v) is 4.00. The van der Waals surface area contributed by atoms with Gasteiger partial charge in [-0.15, -0.1) is 0 Å². The molecule has 0 radical (unpaired) electrons. The van der Waals surface area contributed by atoms with E-state index in [0.29, 0.717) is 5.69 Å². The minimum Gasteiger partial charge on any atom is -0.456 e. The number of hydrogen-bond acceptors (Lipinski definition) is 5. The van der Waals surface area contributed by atoms with Crippen LogP contribution in [0.5, 0.6) is 0 Å². The molecule has 1 amide bonds. The van der Waals surface area contributed by atoms with Gasteiger partial charge >= 0.3 is 0 Å². The first-order chi connectivity index (χ1) is 13.9. The number of benzene rings is 2. The van der Waals surface area contributed by atoms with Crippen molar-refractivity contribution in [2.45, 2.75) is 6.92 Å². The number of nitriles is 1. The summed E-state index contributed by atoms with van der Waals surface area (Å²) in [5.41, 5.74) is 0.997. The minimum atomic E-state index is -0.696. The van der Waals surface area contributed by atoms with Crippen molar-refractivity contribution in [2.75, 3.05) is 5.32 Å². The summed E-state index contributed by atoms with van der Waals surface area (Å²) in [5, 5.41) is 23.1. The van der Waals surface area contributed by atoms with Gasteiger partial charge in [0.15, 0.2) is 0 Å². The van der Waals surface area contributed by atoms with Crippen molar-refractivity contribution >= 4 is 23.4 Å². The SMILES string of the molecule is Cc1ccc(-c2ccc(/C=C(\C#N)C(=O)Nc3ccc(F)cc3)o2)c([N+](=O)[O-])c1. The van der Waals surface area contributed by atoms with Crippen LogP contribution in [0.3, 0.4) is 0 Å². The van der Waals surface area contributed by atoms with Crippen molar-refractivity contribution < 1.29 is 18.5 Å². The van der Waals surface area contributed by atoms with Gasteiger partial charge < -0.3 is 9.73 Å². The van der Waals surface area contributed by atoms with Gasteiger partial charge in [0.25, 0.3) is 11.6 Å². The quantitative estimate of drug-likeness (QED) is 0.289. The molecule has 0 fully saturated rings. The van der Waals surface area contributed by atoms with Crippen LogP contribution in [0, 0.1) is 34.2 Å². The van der Waals surface area contributed by atoms with Gasteiger partial charge in [0.1, 0.15) is 29.0 Å². The molecule has 8 heteroatoms. The number of carbonyl (C=O) groups excluding carboxylic acids is 1. The van der Waals surface area contributed by atoms with Gasteiger partial charge in [-0.2, -0.15) is 5.26 Å². The topological polar surface area (TPSA) is 109 Å². The molecule has 0 saturated heterocycles. The van der Waals surface area contributed by atoms with Crippen LogP contribution < -0.4 is 5.32 Å². The molecule has 0 atom stereocenters. The maximum atomic E-state index is 12.9. The minimum absolute atomic E-state index is 0.107. The molecule has 7 nitrogen and oxygen atoms in total. The zero-order valence-corrected chi connectivity index (χ0v) is 15.2. The molecule has 0 spiro atoms. The molecule has 1 aromatic heterocycles. The van der Waals surface area contributed by atoms with E-state index in [9.17, 15) is 24.6 Å². The van der Waals surface area contributed by atoms with E-state index < -0.39 is 16.6 Å². The molecule has 144 valence electrons. The molecule has 29 heavy (non-hydrogen) atoms. The standard InChI is InChI=1S/C21H14FN3O4/c1-13-2-8-18(19(10-13)25(27)28)20-9-7-17(29-20)11-14(12-23)21(26)24-16-5-3-15(22)4-6-16/h2-11H,1H3,(H,24,26)/b14-11+. The van der Waals surface area contributed by atoms with Crippen molar-refractivity contribution in [3.8, 4) is 17.4 Å². The van der Waals surface area contributed by atoms with E-state index in [1.54, 1.807) is 25.1 Å². The van der Waals surface area contributed by atoms with Crippen LogP contribution in [-0.2, 0) is 4.79 Å². The Morgan fingerprint density at radius 1 is 1.21 bits per heavy atom. The highest BCUT2D eigenvalue weighted by atomic mass is 19.1. The molecule has 0 unspecified atom stereocenters. The zero-order chi connectivity index (χ0) is 21.0. The second-order valence-corrected chi connectivity index (χ2v) is 6.11. The molecule has 3 aromatic rings. The Kier molecular flexibility index (Phi) is 5.51. The largest absolute Gasteiger partial charge is 0.456 e. The normalized spacial score (nSPS) is 11.0. The zero-order valence-electron chi connectivity index (χ0n) is 15.2. The third-order valence-electron chi connectivity index (χ3n) is 4.00. The van der Waals surface area contributed by atoms with E-state index in [-0.39, 0.29) is 28.3 Å². The fraction of sp³-hybridized carbons (Fsp3) is 0.0476. The van der Waals surface area contributed by atoms with Crippen molar-refractivity contribution in [1.29, 1.82) is 5.26 Å². The maximum Gasteiger partial charge on any atom is 0.280 e. The second-order valence-electron chi connectivity index (χ2n) is 6.11. The molecule has 0 saturated carbocycles. The van der Waals surface area contributed by atoms with Gasteiger partial charge in [-0.3, -0.25) is 14.9 Å². The molecule has 3 rings (SSSR count). The van der Waals surface area contributed by atoms with E-state index in [2.05, 4.69) is 5.32 Å². The first kappa shape index (κ1) is 19.5. The molecule has 0 aliphatic rings. The lowest BCUT2D eigenvalue weighted by molar-refractivity contribution is -0.384. The van der Waals surface area contributed by atoms with Crippen LogP contribution in [-0.4, -0.2) is 10.8 Å². The lowest BCUT2D eigenvalue weighted by Gasteiger charge is -2.03. The molecular weight excluding hydrogens is 377 g/mol. The number of halogens is 1. The summed E-state index contributed by atoms with van der Waals surface area (Å²) in [7, 11) is 0. The van der Waals surface area contributed by atoms with Crippen LogP contribution in [0.1, 0.15) is 11.3 Å². The monoisotopic (exact) mass is 391 g/mol. The number of carbonyl (C=O) groups is 1. The van der Waals surface area contributed by atoms with E-state index in [1.165, 1.54) is 48.5 Å². The lowest BCUT2D eigenvalue weighted by atomic mass is 10.1. The molecule has 2 aromatic carbocycles. The highest BCUT2D eigenvalue weighted by Gasteiger charge is 2.18.